The molecule has 3 saturated heterocycles. The number of carbonyl (C=O) groups excluding carboxylic acids is 2. The molecule has 0 aromatic carbocycles. The predicted molar refractivity (Wildman–Crippen MR) is 185 cm³/mol. The maximum atomic E-state index is 12.3. The summed E-state index contributed by atoms with van der Waals surface area (Å²) >= 11 is 0. The first kappa shape index (κ1) is 44.6. The van der Waals surface area contributed by atoms with Crippen molar-refractivity contribution in [2.24, 2.45) is 10.8 Å². The third kappa shape index (κ3) is 10.9. The standard InChI is InChI=1S/C37H58O16/c1-20(38)28(40)17-25-13-22(14-32(45)50-7)33(46)37(48,53-25)34(2,3)9-8-24-10-21(12-31(44)49-6)11-27(51-24)19-36(47)35(4,5)29(41)18-26(52-36)15-23(39)16-30(42)43/h8-9,12,14,20,23-29,33,38-41,46-48H,10-11,13,15-19H2,1-7H3,(H,42,43)/b9-8+,21-12+,22-14+/t20-,23-,24+,25+,26-,27+,28?,29+,33+,36+,37-/m1/s1. The minimum absolute atomic E-state index is 0.0393. The topological polar surface area (TPSA) is 259 Å². The molecule has 3 fully saturated rings. The van der Waals surface area contributed by atoms with E-state index in [-0.39, 0.29) is 50.5 Å². The number of aliphatic hydroxyl groups excluding tert-OH is 5. The van der Waals surface area contributed by atoms with E-state index < -0.39 is 102 Å². The van der Waals surface area contributed by atoms with Crippen LogP contribution in [0.25, 0.3) is 0 Å². The van der Waals surface area contributed by atoms with Gasteiger partial charge < -0.3 is 64.5 Å². The number of methoxy groups -OCH3 is 2. The molecule has 16 heteroatoms. The lowest BCUT2D eigenvalue weighted by Crippen LogP contribution is -2.61. The van der Waals surface area contributed by atoms with Gasteiger partial charge in [0.2, 0.25) is 5.79 Å². The average Bonchev–Trinajstić information content (AvgIpc) is 3.04. The number of hydrogen-bond donors (Lipinski definition) is 8. The van der Waals surface area contributed by atoms with Gasteiger partial charge >= 0.3 is 17.9 Å². The smallest absolute Gasteiger partial charge is 0.330 e. The molecule has 1 unspecified atom stereocenters. The number of aliphatic hydroxyl groups is 7. The highest BCUT2D eigenvalue weighted by atomic mass is 16.7. The highest BCUT2D eigenvalue weighted by molar-refractivity contribution is 5.83. The molecule has 0 bridgehead atoms. The molecule has 0 radical (unpaired) electrons. The van der Waals surface area contributed by atoms with Crippen molar-refractivity contribution in [2.75, 3.05) is 14.2 Å². The fourth-order valence-electron chi connectivity index (χ4n) is 7.09. The van der Waals surface area contributed by atoms with E-state index in [2.05, 4.69) is 0 Å². The molecular weight excluding hydrogens is 700 g/mol. The summed E-state index contributed by atoms with van der Waals surface area (Å²) in [6.45, 7) is 7.76. The zero-order valence-corrected chi connectivity index (χ0v) is 31.5. The van der Waals surface area contributed by atoms with E-state index in [1.54, 1.807) is 39.8 Å². The van der Waals surface area contributed by atoms with E-state index in [1.165, 1.54) is 20.1 Å². The van der Waals surface area contributed by atoms with Crippen LogP contribution in [-0.4, -0.2) is 139 Å². The minimum Gasteiger partial charge on any atom is -0.481 e. The van der Waals surface area contributed by atoms with Gasteiger partial charge in [0.05, 0.1) is 69.5 Å². The predicted octanol–water partition coefficient (Wildman–Crippen LogP) is 0.766. The zero-order valence-electron chi connectivity index (χ0n) is 31.5. The Morgan fingerprint density at radius 1 is 0.925 bits per heavy atom. The van der Waals surface area contributed by atoms with E-state index >= 15 is 0 Å². The summed E-state index contributed by atoms with van der Waals surface area (Å²) < 4.78 is 28.1. The highest BCUT2D eigenvalue weighted by Crippen LogP contribution is 2.48. The van der Waals surface area contributed by atoms with Crippen molar-refractivity contribution in [1.82, 2.24) is 0 Å². The van der Waals surface area contributed by atoms with E-state index in [0.29, 0.717) is 5.57 Å². The van der Waals surface area contributed by atoms with Gasteiger partial charge in [-0.3, -0.25) is 4.79 Å². The second-order valence-electron chi connectivity index (χ2n) is 15.6. The number of carboxylic acid groups (broad SMARTS) is 1. The normalized spacial score (nSPS) is 35.5. The quantitative estimate of drug-likeness (QED) is 0.0691. The van der Waals surface area contributed by atoms with E-state index in [9.17, 15) is 50.1 Å². The molecule has 53 heavy (non-hydrogen) atoms. The first-order valence-electron chi connectivity index (χ1n) is 17.8. The van der Waals surface area contributed by atoms with Gasteiger partial charge in [0, 0.05) is 48.7 Å². The molecule has 3 heterocycles. The van der Waals surface area contributed by atoms with Crippen molar-refractivity contribution in [3.63, 3.8) is 0 Å². The summed E-state index contributed by atoms with van der Waals surface area (Å²) in [6.07, 6.45) is -5.02. The molecule has 11 atom stereocenters. The monoisotopic (exact) mass is 758 g/mol. The van der Waals surface area contributed by atoms with E-state index in [0.717, 1.165) is 13.2 Å². The molecule has 0 aliphatic carbocycles. The lowest BCUT2D eigenvalue weighted by atomic mass is 9.70. The second kappa shape index (κ2) is 17.8. The number of carboxylic acids is 1. The minimum atomic E-state index is -2.37. The van der Waals surface area contributed by atoms with Crippen LogP contribution in [0.1, 0.15) is 86.0 Å². The Kier molecular flexibility index (Phi) is 15.0. The number of rotatable bonds is 14. The second-order valence-corrected chi connectivity index (χ2v) is 15.6. The lowest BCUT2D eigenvalue weighted by Gasteiger charge is -2.53. The maximum absolute atomic E-state index is 12.3. The fourth-order valence-corrected chi connectivity index (χ4v) is 7.09. The Hall–Kier alpha value is -2.77. The summed E-state index contributed by atoms with van der Waals surface area (Å²) in [5, 5.41) is 86.0. The molecule has 0 saturated carbocycles. The van der Waals surface area contributed by atoms with Gasteiger partial charge in [-0.2, -0.15) is 0 Å². The van der Waals surface area contributed by atoms with Crippen LogP contribution in [0.3, 0.4) is 0 Å². The number of carbonyl (C=O) groups is 3. The molecule has 3 aliphatic rings. The zero-order chi connectivity index (χ0) is 40.1. The van der Waals surface area contributed by atoms with Gasteiger partial charge in [-0.15, -0.1) is 0 Å². The summed E-state index contributed by atoms with van der Waals surface area (Å²) in [5.74, 6) is -7.00. The summed E-state index contributed by atoms with van der Waals surface area (Å²) in [5.41, 5.74) is -1.98. The molecule has 8 N–H and O–H groups in total. The van der Waals surface area contributed by atoms with Gasteiger partial charge in [0.15, 0.2) is 5.79 Å². The van der Waals surface area contributed by atoms with Crippen molar-refractivity contribution in [1.29, 1.82) is 0 Å². The van der Waals surface area contributed by atoms with Crippen LogP contribution in [0.5, 0.6) is 0 Å². The van der Waals surface area contributed by atoms with Crippen LogP contribution in [0.15, 0.2) is 35.5 Å². The lowest BCUT2D eigenvalue weighted by molar-refractivity contribution is -0.348. The molecular formula is C37H58O16. The molecule has 3 rings (SSSR count). The van der Waals surface area contributed by atoms with Crippen molar-refractivity contribution in [2.45, 2.75) is 152 Å². The molecule has 302 valence electrons. The van der Waals surface area contributed by atoms with Crippen LogP contribution < -0.4 is 0 Å². The van der Waals surface area contributed by atoms with Crippen LogP contribution in [0.2, 0.25) is 0 Å². The summed E-state index contributed by atoms with van der Waals surface area (Å²) in [7, 11) is 2.39. The Labute approximate surface area is 309 Å². The average molecular weight is 759 g/mol. The van der Waals surface area contributed by atoms with Crippen LogP contribution in [-0.2, 0) is 38.1 Å². The van der Waals surface area contributed by atoms with Gasteiger partial charge in [0.25, 0.3) is 0 Å². The maximum Gasteiger partial charge on any atom is 0.330 e. The van der Waals surface area contributed by atoms with Crippen molar-refractivity contribution >= 4 is 17.9 Å². The fraction of sp³-hybridized carbons (Fsp3) is 0.757. The number of ether oxygens (including phenoxy) is 5. The van der Waals surface area contributed by atoms with Crippen LogP contribution in [0, 0.1) is 10.8 Å². The third-order valence-corrected chi connectivity index (χ3v) is 10.7. The summed E-state index contributed by atoms with van der Waals surface area (Å²) in [4.78, 5) is 35.6. The number of aliphatic carboxylic acids is 1. The molecule has 0 aromatic heterocycles. The largest absolute Gasteiger partial charge is 0.481 e. The summed E-state index contributed by atoms with van der Waals surface area (Å²) in [6, 6.07) is 0. The van der Waals surface area contributed by atoms with Crippen molar-refractivity contribution in [3.8, 4) is 0 Å². The number of hydrogen-bond acceptors (Lipinski definition) is 15. The molecule has 16 nitrogen and oxygen atoms in total. The van der Waals surface area contributed by atoms with Crippen LogP contribution >= 0.6 is 0 Å². The van der Waals surface area contributed by atoms with Gasteiger partial charge in [0.1, 0.15) is 6.10 Å². The first-order valence-corrected chi connectivity index (χ1v) is 17.8. The molecule has 0 aromatic rings. The molecule has 0 spiro atoms. The van der Waals surface area contributed by atoms with Gasteiger partial charge in [-0.25, -0.2) is 9.59 Å². The first-order chi connectivity index (χ1) is 24.5. The Bertz CT molecular complexity index is 1390. The number of esters is 2. The Morgan fingerprint density at radius 2 is 1.55 bits per heavy atom. The SMILES string of the molecule is COC(=O)/C=C1/C[C@@H](C[C@]2(O)O[C@H](C[C@@H](O)CC(=O)O)C[C@H](O)C2(C)C)O[C@@H](/C=C/C(C)(C)[C@]2(O)O[C@H](CC(O)[C@@H](C)O)C/C(=C\C(=O)OC)[C@@H]2O)C1. The van der Waals surface area contributed by atoms with Crippen LogP contribution in [0.4, 0.5) is 0 Å². The van der Waals surface area contributed by atoms with E-state index in [1.807, 2.05) is 0 Å². The molecule has 0 amide bonds. The third-order valence-electron chi connectivity index (χ3n) is 10.7. The van der Waals surface area contributed by atoms with Crippen molar-refractivity contribution < 1.29 is 78.9 Å². The Balaban J connectivity index is 1.94. The highest BCUT2D eigenvalue weighted by Gasteiger charge is 2.57. The van der Waals surface area contributed by atoms with E-state index in [4.69, 9.17) is 28.8 Å². The molecule has 3 aliphatic heterocycles. The Morgan fingerprint density at radius 3 is 2.13 bits per heavy atom. The van der Waals surface area contributed by atoms with Gasteiger partial charge in [-0.1, -0.05) is 45.4 Å². The van der Waals surface area contributed by atoms with Gasteiger partial charge in [-0.05, 0) is 31.8 Å². The van der Waals surface area contributed by atoms with Crippen molar-refractivity contribution in [3.05, 3.63) is 35.5 Å².